The van der Waals surface area contributed by atoms with Gasteiger partial charge in [-0.25, -0.2) is 4.79 Å². The summed E-state index contributed by atoms with van der Waals surface area (Å²) in [6.45, 7) is 14.6. The van der Waals surface area contributed by atoms with E-state index in [1.807, 2.05) is 13.0 Å². The van der Waals surface area contributed by atoms with Gasteiger partial charge in [0, 0.05) is 25.3 Å². The van der Waals surface area contributed by atoms with Crippen molar-refractivity contribution in [2.45, 2.75) is 98.1 Å². The number of esters is 1. The predicted octanol–water partition coefficient (Wildman–Crippen LogP) is 5.19. The Balaban J connectivity index is 1.64. The van der Waals surface area contributed by atoms with Gasteiger partial charge in [-0.05, 0) is 74.3 Å². The van der Waals surface area contributed by atoms with E-state index in [1.54, 1.807) is 13.8 Å². The van der Waals surface area contributed by atoms with E-state index >= 15 is 0 Å². The Morgan fingerprint density at radius 2 is 1.68 bits per heavy atom. The molecule has 0 amide bonds. The molecule has 0 unspecified atom stereocenters. The van der Waals surface area contributed by atoms with E-state index < -0.39 is 5.79 Å². The standard InChI is InChI=1S/C26H36O5/c1-14-12-16-15(21-20(14)22(28)31-24(4,5)30-21)13-18-25(6)10-9-19(27)23(2,3)17(25)8-11-26(18,7)29-16/h12,17-19,27H,8-11,13H2,1-7H3/t17-,18+,19-,25-,26+/m0/s1. The third-order valence-electron chi connectivity index (χ3n) is 9.15. The topological polar surface area (TPSA) is 65.0 Å². The maximum absolute atomic E-state index is 12.8. The zero-order chi connectivity index (χ0) is 22.6. The first-order chi connectivity index (χ1) is 14.3. The van der Waals surface area contributed by atoms with Gasteiger partial charge in [0.25, 0.3) is 0 Å². The molecule has 0 aromatic heterocycles. The van der Waals surface area contributed by atoms with Crippen LogP contribution < -0.4 is 9.47 Å². The van der Waals surface area contributed by atoms with Gasteiger partial charge in [0.05, 0.1) is 6.10 Å². The first kappa shape index (κ1) is 21.1. The highest BCUT2D eigenvalue weighted by Gasteiger charge is 2.62. The molecule has 2 fully saturated rings. The van der Waals surface area contributed by atoms with Crippen molar-refractivity contribution in [3.05, 3.63) is 22.8 Å². The molecule has 170 valence electrons. The smallest absolute Gasteiger partial charge is 0.345 e. The maximum atomic E-state index is 12.8. The van der Waals surface area contributed by atoms with Crippen LogP contribution in [0.25, 0.3) is 0 Å². The highest BCUT2D eigenvalue weighted by atomic mass is 16.7. The van der Waals surface area contributed by atoms with Crippen LogP contribution in [0.15, 0.2) is 6.07 Å². The van der Waals surface area contributed by atoms with E-state index in [4.69, 9.17) is 14.2 Å². The highest BCUT2D eigenvalue weighted by molar-refractivity contribution is 5.96. The van der Waals surface area contributed by atoms with Crippen LogP contribution in [-0.2, 0) is 11.2 Å². The molecule has 5 nitrogen and oxygen atoms in total. The van der Waals surface area contributed by atoms with Gasteiger partial charge in [0.15, 0.2) is 0 Å². The monoisotopic (exact) mass is 428 g/mol. The molecule has 1 aromatic rings. The minimum absolute atomic E-state index is 0.0515. The lowest BCUT2D eigenvalue weighted by Gasteiger charge is -2.64. The van der Waals surface area contributed by atoms with Crippen molar-refractivity contribution in [2.75, 3.05) is 0 Å². The van der Waals surface area contributed by atoms with E-state index in [9.17, 15) is 9.90 Å². The molecule has 2 saturated carbocycles. The normalized spacial score (nSPS) is 39.6. The van der Waals surface area contributed by atoms with Crippen LogP contribution in [-0.4, -0.2) is 28.6 Å². The molecule has 0 saturated heterocycles. The molecule has 0 bridgehead atoms. The molecule has 1 aromatic carbocycles. The van der Waals surface area contributed by atoms with Gasteiger partial charge in [-0.1, -0.05) is 20.8 Å². The molecule has 1 N–H and O–H groups in total. The Labute approximate surface area is 185 Å². The number of fused-ring (bicyclic) bond motifs is 6. The van der Waals surface area contributed by atoms with Gasteiger partial charge < -0.3 is 19.3 Å². The zero-order valence-electron chi connectivity index (χ0n) is 19.9. The predicted molar refractivity (Wildman–Crippen MR) is 117 cm³/mol. The molecule has 0 radical (unpaired) electrons. The molecule has 5 rings (SSSR count). The largest absolute Gasteiger partial charge is 0.487 e. The zero-order valence-corrected chi connectivity index (χ0v) is 19.9. The Bertz CT molecular complexity index is 963. The number of aryl methyl sites for hydroxylation is 1. The van der Waals surface area contributed by atoms with Crippen LogP contribution in [0.1, 0.15) is 88.7 Å². The molecule has 0 spiro atoms. The van der Waals surface area contributed by atoms with Crippen molar-refractivity contribution < 1.29 is 24.1 Å². The van der Waals surface area contributed by atoms with Crippen LogP contribution >= 0.6 is 0 Å². The quantitative estimate of drug-likeness (QED) is 0.576. The summed E-state index contributed by atoms with van der Waals surface area (Å²) in [6.07, 6.45) is 4.39. The van der Waals surface area contributed by atoms with Crippen LogP contribution in [0.4, 0.5) is 0 Å². The number of benzene rings is 1. The van der Waals surface area contributed by atoms with E-state index in [0.29, 0.717) is 17.2 Å². The van der Waals surface area contributed by atoms with Crippen molar-refractivity contribution in [2.24, 2.45) is 22.7 Å². The molecule has 5 atom stereocenters. The fourth-order valence-electron chi connectivity index (χ4n) is 7.51. The van der Waals surface area contributed by atoms with Crippen molar-refractivity contribution in [3.63, 3.8) is 0 Å². The van der Waals surface area contributed by atoms with Crippen molar-refractivity contribution in [1.82, 2.24) is 0 Å². The van der Waals surface area contributed by atoms with Crippen molar-refractivity contribution >= 4 is 5.97 Å². The average molecular weight is 429 g/mol. The molecular weight excluding hydrogens is 392 g/mol. The first-order valence-corrected chi connectivity index (χ1v) is 11.7. The van der Waals surface area contributed by atoms with E-state index in [1.165, 1.54) is 0 Å². The fraction of sp³-hybridized carbons (Fsp3) is 0.731. The Kier molecular flexibility index (Phi) is 4.21. The van der Waals surface area contributed by atoms with Crippen LogP contribution in [0.3, 0.4) is 0 Å². The van der Waals surface area contributed by atoms with Gasteiger partial charge in [0.1, 0.15) is 22.7 Å². The van der Waals surface area contributed by atoms with E-state index in [-0.39, 0.29) is 34.4 Å². The summed E-state index contributed by atoms with van der Waals surface area (Å²) in [5.41, 5.74) is 2.03. The summed E-state index contributed by atoms with van der Waals surface area (Å²) in [5.74, 6) is 0.874. The number of hydrogen-bond donors (Lipinski definition) is 1. The second-order valence-corrected chi connectivity index (χ2v) is 11.9. The summed E-state index contributed by atoms with van der Waals surface area (Å²) in [5, 5.41) is 10.8. The van der Waals surface area contributed by atoms with Gasteiger partial charge in [0.2, 0.25) is 5.79 Å². The number of carbonyl (C=O) groups is 1. The average Bonchev–Trinajstić information content (AvgIpc) is 2.62. The lowest BCUT2D eigenvalue weighted by Crippen LogP contribution is -2.63. The summed E-state index contributed by atoms with van der Waals surface area (Å²) in [6, 6.07) is 1.99. The second-order valence-electron chi connectivity index (χ2n) is 11.9. The van der Waals surface area contributed by atoms with Gasteiger partial charge in [-0.3, -0.25) is 0 Å². The molecule has 4 aliphatic rings. The Hall–Kier alpha value is -1.75. The molecule has 2 heterocycles. The summed E-state index contributed by atoms with van der Waals surface area (Å²) in [4.78, 5) is 12.8. The lowest BCUT2D eigenvalue weighted by atomic mass is 9.44. The van der Waals surface area contributed by atoms with Crippen LogP contribution in [0, 0.1) is 29.6 Å². The summed E-state index contributed by atoms with van der Waals surface area (Å²) < 4.78 is 18.5. The highest BCUT2D eigenvalue weighted by Crippen LogP contribution is 2.65. The number of aliphatic hydroxyl groups is 1. The first-order valence-electron chi connectivity index (χ1n) is 11.7. The van der Waals surface area contributed by atoms with Crippen molar-refractivity contribution in [3.8, 4) is 11.5 Å². The molecule has 2 aliphatic carbocycles. The Morgan fingerprint density at radius 1 is 0.968 bits per heavy atom. The van der Waals surface area contributed by atoms with Crippen LogP contribution in [0.5, 0.6) is 11.5 Å². The molecule has 2 aliphatic heterocycles. The van der Waals surface area contributed by atoms with Gasteiger partial charge in [-0.2, -0.15) is 0 Å². The molecule has 31 heavy (non-hydrogen) atoms. The minimum Gasteiger partial charge on any atom is -0.487 e. The number of cyclic esters (lactones) is 1. The Morgan fingerprint density at radius 3 is 2.39 bits per heavy atom. The number of hydrogen-bond acceptors (Lipinski definition) is 5. The van der Waals surface area contributed by atoms with Crippen molar-refractivity contribution in [1.29, 1.82) is 0 Å². The van der Waals surface area contributed by atoms with E-state index in [2.05, 4.69) is 27.7 Å². The van der Waals surface area contributed by atoms with Gasteiger partial charge >= 0.3 is 5.97 Å². The summed E-state index contributed by atoms with van der Waals surface area (Å²) in [7, 11) is 0. The van der Waals surface area contributed by atoms with Gasteiger partial charge in [-0.15, -0.1) is 0 Å². The number of rotatable bonds is 0. The molecular formula is C26H36O5. The minimum atomic E-state index is -0.998. The van der Waals surface area contributed by atoms with E-state index in [0.717, 1.165) is 49.0 Å². The lowest BCUT2D eigenvalue weighted by molar-refractivity contribution is -0.192. The molecule has 5 heteroatoms. The third kappa shape index (κ3) is 2.81. The van der Waals surface area contributed by atoms with Crippen LogP contribution in [0.2, 0.25) is 0 Å². The number of carbonyl (C=O) groups excluding carboxylic acids is 1. The maximum Gasteiger partial charge on any atom is 0.345 e. The second kappa shape index (κ2) is 6.18. The fourth-order valence-corrected chi connectivity index (χ4v) is 7.51. The summed E-state index contributed by atoms with van der Waals surface area (Å²) >= 11 is 0. The number of aliphatic hydroxyl groups excluding tert-OH is 1. The SMILES string of the molecule is Cc1cc2c(c3c1C(=O)OC(C)(C)O3)C[C@@H]1[C@@]3(C)CC[C@H](O)C(C)(C)[C@@H]3CC[C@@]1(C)O2. The number of ether oxygens (including phenoxy) is 3. The third-order valence-corrected chi connectivity index (χ3v) is 9.15.